The molecule has 0 saturated heterocycles. The molecule has 0 aliphatic rings. The second kappa shape index (κ2) is 5.25. The Hall–Kier alpha value is -1.45. The van der Waals surface area contributed by atoms with Crippen molar-refractivity contribution in [3.63, 3.8) is 0 Å². The average molecular weight is 243 g/mol. The Morgan fingerprint density at radius 1 is 1.06 bits per heavy atom. The molecule has 1 heterocycles. The average Bonchev–Trinajstić information content (AvgIpc) is 2.39. The summed E-state index contributed by atoms with van der Waals surface area (Å²) in [7, 11) is -1.79. The molecule has 0 saturated carbocycles. The second-order valence-electron chi connectivity index (χ2n) is 4.53. The Kier molecular flexibility index (Phi) is 3.71. The Labute approximate surface area is 103 Å². The van der Waals surface area contributed by atoms with Crippen molar-refractivity contribution in [3.8, 4) is 0 Å². The van der Waals surface area contributed by atoms with Crippen LogP contribution in [0.4, 0.5) is 0 Å². The van der Waals surface area contributed by atoms with Crippen LogP contribution in [-0.2, 0) is 11.0 Å². The van der Waals surface area contributed by atoms with Gasteiger partial charge in [-0.2, -0.15) is 0 Å². The Bertz CT molecular complexity index is 456. The first kappa shape index (κ1) is 12.0. The van der Waals surface area contributed by atoms with E-state index in [9.17, 15) is 0 Å². The molecule has 0 spiro atoms. The van der Waals surface area contributed by atoms with Crippen molar-refractivity contribution >= 4 is 13.5 Å². The van der Waals surface area contributed by atoms with Crippen LogP contribution in [0, 0.1) is 0 Å². The van der Waals surface area contributed by atoms with Crippen LogP contribution in [0.1, 0.15) is 5.56 Å². The van der Waals surface area contributed by atoms with Crippen LogP contribution in [-0.4, -0.2) is 13.3 Å². The van der Waals surface area contributed by atoms with Gasteiger partial charge in [0.15, 0.2) is 0 Å². The van der Waals surface area contributed by atoms with Gasteiger partial charge in [0.1, 0.15) is 0 Å². The minimum atomic E-state index is -1.79. The van der Waals surface area contributed by atoms with Gasteiger partial charge in [-0.25, -0.2) is 0 Å². The summed E-state index contributed by atoms with van der Waals surface area (Å²) in [6, 6.07) is 14.5. The SMILES string of the molecule is C[Si](C)(OCc1cccnc1)c1ccccc1. The van der Waals surface area contributed by atoms with E-state index in [0.29, 0.717) is 6.61 Å². The number of pyridine rings is 1. The van der Waals surface area contributed by atoms with E-state index >= 15 is 0 Å². The summed E-state index contributed by atoms with van der Waals surface area (Å²) in [5.74, 6) is 0. The van der Waals surface area contributed by atoms with Crippen molar-refractivity contribution in [1.29, 1.82) is 0 Å². The quantitative estimate of drug-likeness (QED) is 0.770. The molecule has 0 N–H and O–H groups in total. The first-order chi connectivity index (χ1) is 8.18. The van der Waals surface area contributed by atoms with Crippen LogP contribution in [0.5, 0.6) is 0 Å². The van der Waals surface area contributed by atoms with Gasteiger partial charge in [-0.15, -0.1) is 0 Å². The Morgan fingerprint density at radius 2 is 1.82 bits per heavy atom. The molecule has 0 radical (unpaired) electrons. The van der Waals surface area contributed by atoms with Gasteiger partial charge in [-0.05, 0) is 29.9 Å². The van der Waals surface area contributed by atoms with Gasteiger partial charge in [0.05, 0.1) is 6.61 Å². The minimum Gasteiger partial charge on any atom is -0.409 e. The molecule has 1 aromatic heterocycles. The summed E-state index contributed by atoms with van der Waals surface area (Å²) in [4.78, 5) is 4.09. The van der Waals surface area contributed by atoms with Gasteiger partial charge in [0, 0.05) is 12.4 Å². The van der Waals surface area contributed by atoms with E-state index in [1.54, 1.807) is 6.20 Å². The maximum absolute atomic E-state index is 6.10. The van der Waals surface area contributed by atoms with Gasteiger partial charge in [0.25, 0.3) is 0 Å². The number of nitrogens with zero attached hydrogens (tertiary/aromatic N) is 1. The van der Waals surface area contributed by atoms with Gasteiger partial charge in [-0.1, -0.05) is 36.4 Å². The summed E-state index contributed by atoms with van der Waals surface area (Å²) in [5, 5.41) is 1.32. The summed E-state index contributed by atoms with van der Waals surface area (Å²) in [6.45, 7) is 5.08. The summed E-state index contributed by atoms with van der Waals surface area (Å²) in [6.07, 6.45) is 3.64. The Morgan fingerprint density at radius 3 is 2.47 bits per heavy atom. The molecule has 2 nitrogen and oxygen atoms in total. The van der Waals surface area contributed by atoms with E-state index in [1.807, 2.05) is 24.4 Å². The normalized spacial score (nSPS) is 11.4. The zero-order valence-electron chi connectivity index (χ0n) is 10.3. The molecule has 0 unspecified atom stereocenters. The highest BCUT2D eigenvalue weighted by Crippen LogP contribution is 2.09. The molecule has 17 heavy (non-hydrogen) atoms. The third-order valence-corrected chi connectivity index (χ3v) is 5.38. The van der Waals surface area contributed by atoms with Crippen molar-refractivity contribution in [2.24, 2.45) is 0 Å². The van der Waals surface area contributed by atoms with Gasteiger partial charge < -0.3 is 4.43 Å². The molecule has 0 aliphatic carbocycles. The number of hydrogen-bond acceptors (Lipinski definition) is 2. The van der Waals surface area contributed by atoms with E-state index in [1.165, 1.54) is 5.19 Å². The fourth-order valence-corrected chi connectivity index (χ4v) is 3.36. The molecule has 2 aromatic rings. The highest BCUT2D eigenvalue weighted by molar-refractivity contribution is 6.84. The lowest BCUT2D eigenvalue weighted by molar-refractivity contribution is 0.303. The molecule has 0 fully saturated rings. The van der Waals surface area contributed by atoms with E-state index in [0.717, 1.165) is 5.56 Å². The highest BCUT2D eigenvalue weighted by Gasteiger charge is 2.24. The number of benzene rings is 1. The molecule has 3 heteroatoms. The molecule has 0 atom stereocenters. The first-order valence-electron chi connectivity index (χ1n) is 5.77. The van der Waals surface area contributed by atoms with Gasteiger partial charge in [-0.3, -0.25) is 4.98 Å². The lowest BCUT2D eigenvalue weighted by Gasteiger charge is -2.23. The molecule has 1 aromatic carbocycles. The largest absolute Gasteiger partial charge is 0.409 e. The van der Waals surface area contributed by atoms with Crippen LogP contribution < -0.4 is 5.19 Å². The lowest BCUT2D eigenvalue weighted by Crippen LogP contribution is -2.44. The second-order valence-corrected chi connectivity index (χ2v) is 8.41. The standard InChI is InChI=1S/C14H17NOSi/c1-17(2,14-8-4-3-5-9-14)16-12-13-7-6-10-15-11-13/h3-11H,12H2,1-2H3. The third kappa shape index (κ3) is 3.25. The molecule has 2 rings (SSSR count). The molecule has 88 valence electrons. The number of rotatable bonds is 4. The molecule has 0 aliphatic heterocycles. The molecular formula is C14H17NOSi. The van der Waals surface area contributed by atoms with Gasteiger partial charge in [0.2, 0.25) is 8.32 Å². The van der Waals surface area contributed by atoms with Crippen LogP contribution in [0.15, 0.2) is 54.9 Å². The van der Waals surface area contributed by atoms with Crippen LogP contribution >= 0.6 is 0 Å². The van der Waals surface area contributed by atoms with Crippen LogP contribution in [0.25, 0.3) is 0 Å². The monoisotopic (exact) mass is 243 g/mol. The summed E-state index contributed by atoms with van der Waals surface area (Å²) >= 11 is 0. The minimum absolute atomic E-state index is 0.641. The van der Waals surface area contributed by atoms with Crippen LogP contribution in [0.2, 0.25) is 13.1 Å². The maximum Gasteiger partial charge on any atom is 0.218 e. The zero-order valence-corrected chi connectivity index (χ0v) is 11.3. The smallest absolute Gasteiger partial charge is 0.218 e. The van der Waals surface area contributed by atoms with E-state index in [-0.39, 0.29) is 0 Å². The van der Waals surface area contributed by atoms with Crippen molar-refractivity contribution in [2.45, 2.75) is 19.7 Å². The topological polar surface area (TPSA) is 22.1 Å². The fourth-order valence-electron chi connectivity index (χ4n) is 1.67. The van der Waals surface area contributed by atoms with Crippen molar-refractivity contribution in [2.75, 3.05) is 0 Å². The first-order valence-corrected chi connectivity index (χ1v) is 8.68. The van der Waals surface area contributed by atoms with Crippen molar-refractivity contribution < 1.29 is 4.43 Å². The van der Waals surface area contributed by atoms with E-state index in [2.05, 4.69) is 42.3 Å². The summed E-state index contributed by atoms with van der Waals surface area (Å²) in [5.41, 5.74) is 1.13. The highest BCUT2D eigenvalue weighted by atomic mass is 28.4. The third-order valence-electron chi connectivity index (χ3n) is 2.79. The maximum atomic E-state index is 6.10. The van der Waals surface area contributed by atoms with E-state index in [4.69, 9.17) is 4.43 Å². The van der Waals surface area contributed by atoms with Gasteiger partial charge >= 0.3 is 0 Å². The number of aromatic nitrogens is 1. The zero-order chi connectivity index (χ0) is 12.1. The predicted octanol–water partition coefficient (Wildman–Crippen LogP) is 2.71. The Balaban J connectivity index is 2.03. The molecular weight excluding hydrogens is 226 g/mol. The fraction of sp³-hybridized carbons (Fsp3) is 0.214. The molecule has 0 bridgehead atoms. The number of hydrogen-bond donors (Lipinski definition) is 0. The predicted molar refractivity (Wildman–Crippen MR) is 72.6 cm³/mol. The molecule has 0 amide bonds. The van der Waals surface area contributed by atoms with E-state index < -0.39 is 8.32 Å². The summed E-state index contributed by atoms with van der Waals surface area (Å²) < 4.78 is 6.10. The lowest BCUT2D eigenvalue weighted by atomic mass is 10.3. The van der Waals surface area contributed by atoms with Crippen molar-refractivity contribution in [1.82, 2.24) is 4.98 Å². The van der Waals surface area contributed by atoms with Crippen molar-refractivity contribution in [3.05, 3.63) is 60.4 Å². The van der Waals surface area contributed by atoms with Crippen LogP contribution in [0.3, 0.4) is 0 Å².